The maximum Gasteiger partial charge on any atom is 0.466 e. The molecule has 0 aliphatic heterocycles. The molecular formula is C16H37CaO4P. The van der Waals surface area contributed by atoms with Gasteiger partial charge in [-0.1, -0.05) is 0 Å². The SMILES string of the molecule is CCCCCCC[CH2][Ca][CH2]CCCCCCC.O=P(O)(O)O. The van der Waals surface area contributed by atoms with E-state index < -0.39 is 7.82 Å². The van der Waals surface area contributed by atoms with Crippen molar-refractivity contribution in [1.82, 2.24) is 0 Å². The van der Waals surface area contributed by atoms with Crippen LogP contribution in [0.2, 0.25) is 5.04 Å². The van der Waals surface area contributed by atoms with Gasteiger partial charge in [0.15, 0.2) is 0 Å². The van der Waals surface area contributed by atoms with Gasteiger partial charge >= 0.3 is 138 Å². The molecule has 0 saturated heterocycles. The van der Waals surface area contributed by atoms with Gasteiger partial charge in [0.2, 0.25) is 0 Å². The molecule has 0 fully saturated rings. The van der Waals surface area contributed by atoms with Crippen molar-refractivity contribution in [2.75, 3.05) is 0 Å². The molecule has 0 aromatic rings. The van der Waals surface area contributed by atoms with Crippen molar-refractivity contribution in [2.45, 2.75) is 95.9 Å². The van der Waals surface area contributed by atoms with E-state index in [1.807, 2.05) is 0 Å². The average molecular weight is 365 g/mol. The Morgan fingerprint density at radius 1 is 0.636 bits per heavy atom. The maximum atomic E-state index is 8.88. The van der Waals surface area contributed by atoms with Gasteiger partial charge in [0, 0.05) is 0 Å². The summed E-state index contributed by atoms with van der Waals surface area (Å²) in [4.78, 5) is 21.6. The zero-order valence-corrected chi connectivity index (χ0v) is 17.9. The van der Waals surface area contributed by atoms with E-state index in [4.69, 9.17) is 19.2 Å². The van der Waals surface area contributed by atoms with Gasteiger partial charge in [-0.3, -0.25) is 0 Å². The third-order valence-corrected chi connectivity index (χ3v) is 6.83. The minimum atomic E-state index is -4.64. The molecule has 0 heterocycles. The Hall–Kier alpha value is 1.37. The smallest absolute Gasteiger partial charge is 0.303 e. The molecule has 3 N–H and O–H groups in total. The molecule has 0 atom stereocenters. The second-order valence-corrected chi connectivity index (χ2v) is 10.4. The molecule has 132 valence electrons. The van der Waals surface area contributed by atoms with Gasteiger partial charge in [-0.15, -0.1) is 0 Å². The second-order valence-electron chi connectivity index (χ2n) is 6.11. The Balaban J connectivity index is 0. The monoisotopic (exact) mass is 364 g/mol. The van der Waals surface area contributed by atoms with E-state index in [0.29, 0.717) is 0 Å². The molecule has 0 aromatic carbocycles. The van der Waals surface area contributed by atoms with Gasteiger partial charge in [-0.05, 0) is 0 Å². The van der Waals surface area contributed by atoms with Crippen molar-refractivity contribution in [2.24, 2.45) is 0 Å². The minimum absolute atomic E-state index is 0.0720. The van der Waals surface area contributed by atoms with E-state index in [1.165, 1.54) is 64.2 Å². The molecule has 0 aromatic heterocycles. The van der Waals surface area contributed by atoms with Crippen molar-refractivity contribution in [3.05, 3.63) is 0 Å². The molecule has 0 spiro atoms. The van der Waals surface area contributed by atoms with E-state index in [-0.39, 0.29) is 33.8 Å². The van der Waals surface area contributed by atoms with Gasteiger partial charge in [0.05, 0.1) is 0 Å². The zero-order valence-electron chi connectivity index (χ0n) is 14.8. The first-order valence-electron chi connectivity index (χ1n) is 9.20. The third-order valence-electron chi connectivity index (χ3n) is 3.71. The number of rotatable bonds is 14. The van der Waals surface area contributed by atoms with E-state index in [9.17, 15) is 0 Å². The summed E-state index contributed by atoms with van der Waals surface area (Å²) in [5.41, 5.74) is 0. The molecular weight excluding hydrogens is 327 g/mol. The van der Waals surface area contributed by atoms with Crippen LogP contribution in [0.3, 0.4) is 0 Å². The Kier molecular flexibility index (Phi) is 23.8. The van der Waals surface area contributed by atoms with Gasteiger partial charge in [-0.2, -0.15) is 0 Å². The van der Waals surface area contributed by atoms with Crippen LogP contribution in [0.4, 0.5) is 0 Å². The summed E-state index contributed by atoms with van der Waals surface area (Å²) >= 11 is -0.0720. The van der Waals surface area contributed by atoms with Crippen molar-refractivity contribution in [1.29, 1.82) is 0 Å². The van der Waals surface area contributed by atoms with Crippen molar-refractivity contribution in [3.63, 3.8) is 0 Å². The average Bonchev–Trinajstić information content (AvgIpc) is 2.42. The molecule has 22 heavy (non-hydrogen) atoms. The molecule has 0 rings (SSSR count). The normalized spacial score (nSPS) is 10.8. The van der Waals surface area contributed by atoms with Crippen LogP contribution in [0, 0.1) is 0 Å². The Morgan fingerprint density at radius 3 is 1.23 bits per heavy atom. The fraction of sp³-hybridized carbons (Fsp3) is 1.00. The molecule has 0 aliphatic rings. The fourth-order valence-corrected chi connectivity index (χ4v) is 5.21. The van der Waals surface area contributed by atoms with Gasteiger partial charge < -0.3 is 14.7 Å². The molecule has 0 bridgehead atoms. The van der Waals surface area contributed by atoms with Crippen LogP contribution in [0.5, 0.6) is 0 Å². The van der Waals surface area contributed by atoms with Crippen molar-refractivity contribution in [3.8, 4) is 0 Å². The Bertz CT molecular complexity index is 224. The van der Waals surface area contributed by atoms with Gasteiger partial charge in [0.25, 0.3) is 0 Å². The molecule has 0 aliphatic carbocycles. The predicted octanol–water partition coefficient (Wildman–Crippen LogP) is 5.32. The molecule has 0 radical (unpaired) electrons. The first-order chi connectivity index (χ1) is 10.4. The first kappa shape index (κ1) is 25.6. The summed E-state index contributed by atoms with van der Waals surface area (Å²) in [6.45, 7) is 4.60. The molecule has 0 saturated carbocycles. The third kappa shape index (κ3) is 37.5. The largest absolute Gasteiger partial charge is 0.466 e. The topological polar surface area (TPSA) is 77.8 Å². The summed E-state index contributed by atoms with van der Waals surface area (Å²) < 4.78 is 12.2. The van der Waals surface area contributed by atoms with Crippen LogP contribution in [0.15, 0.2) is 0 Å². The summed E-state index contributed by atoms with van der Waals surface area (Å²) in [7, 11) is -4.64. The van der Waals surface area contributed by atoms with Crippen LogP contribution < -0.4 is 0 Å². The standard InChI is InChI=1S/2C8H17.Ca.H3O4P/c2*1-3-5-7-8-6-4-2;;1-5(2,3)4/h2*1,3-8H2,2H3;;(H3,1,2,3,4). The quantitative estimate of drug-likeness (QED) is 0.221. The van der Waals surface area contributed by atoms with E-state index >= 15 is 0 Å². The van der Waals surface area contributed by atoms with Crippen LogP contribution in [0.1, 0.15) is 90.9 Å². The van der Waals surface area contributed by atoms with Crippen LogP contribution in [0.25, 0.3) is 0 Å². The zero-order chi connectivity index (χ0) is 17.1. The first-order valence-corrected chi connectivity index (χ1v) is 13.9. The summed E-state index contributed by atoms with van der Waals surface area (Å²) in [5.74, 6) is 0. The van der Waals surface area contributed by atoms with E-state index in [0.717, 1.165) is 0 Å². The molecule has 6 heteroatoms. The number of hydrogen-bond acceptors (Lipinski definition) is 1. The second kappa shape index (κ2) is 20.4. The van der Waals surface area contributed by atoms with Gasteiger partial charge in [-0.25, -0.2) is 4.57 Å². The Morgan fingerprint density at radius 2 is 0.909 bits per heavy atom. The van der Waals surface area contributed by atoms with E-state index in [2.05, 4.69) is 13.8 Å². The fourth-order valence-electron chi connectivity index (χ4n) is 2.44. The van der Waals surface area contributed by atoms with Gasteiger partial charge in [0.1, 0.15) is 0 Å². The summed E-state index contributed by atoms with van der Waals surface area (Å²) in [5, 5.41) is 0. The molecule has 0 unspecified atom stereocenters. The molecule has 0 amide bonds. The van der Waals surface area contributed by atoms with Crippen LogP contribution in [-0.4, -0.2) is 48.5 Å². The van der Waals surface area contributed by atoms with Crippen LogP contribution >= 0.6 is 7.82 Å². The van der Waals surface area contributed by atoms with Crippen LogP contribution in [-0.2, 0) is 4.57 Å². The van der Waals surface area contributed by atoms with Crippen molar-refractivity contribution < 1.29 is 19.2 Å². The number of hydrogen-bond donors (Lipinski definition) is 3. The minimum Gasteiger partial charge on any atom is -0.303 e. The number of unbranched alkanes of at least 4 members (excludes halogenated alkanes) is 10. The number of phosphoric acid groups is 1. The summed E-state index contributed by atoms with van der Waals surface area (Å²) in [6, 6.07) is 0. The Labute approximate surface area is 156 Å². The van der Waals surface area contributed by atoms with Crippen molar-refractivity contribution >= 4 is 41.7 Å². The maximum absolute atomic E-state index is 8.88. The summed E-state index contributed by atoms with van der Waals surface area (Å²) in [6.07, 6.45) is 17.9. The predicted molar refractivity (Wildman–Crippen MR) is 96.4 cm³/mol. The van der Waals surface area contributed by atoms with E-state index in [1.54, 1.807) is 17.9 Å². The molecule has 4 nitrogen and oxygen atoms in total.